The molecule has 27 heavy (non-hydrogen) atoms. The molecule has 2 amide bonds. The van der Waals surface area contributed by atoms with Crippen LogP contribution in [0.5, 0.6) is 5.95 Å². The molecular weight excluding hydrogens is 348 g/mol. The number of nitrogens with one attached hydrogen (secondary N) is 1. The molecule has 1 unspecified atom stereocenters. The average molecular weight is 366 g/mol. The topological polar surface area (TPSA) is 102 Å². The molecule has 1 aromatic heterocycles. The summed E-state index contributed by atoms with van der Waals surface area (Å²) >= 11 is 0. The molecule has 1 aliphatic rings. The number of hydrogen-bond acceptors (Lipinski definition) is 5. The third kappa shape index (κ3) is 3.74. The van der Waals surface area contributed by atoms with Gasteiger partial charge in [-0.2, -0.15) is 0 Å². The Bertz CT molecular complexity index is 995. The van der Waals surface area contributed by atoms with Crippen LogP contribution in [0.3, 0.4) is 0 Å². The van der Waals surface area contributed by atoms with E-state index in [9.17, 15) is 14.7 Å². The van der Waals surface area contributed by atoms with Gasteiger partial charge in [-0.05, 0) is 16.3 Å². The Morgan fingerprint density at radius 3 is 2.93 bits per heavy atom. The Balaban J connectivity index is 1.39. The monoisotopic (exact) mass is 366 g/mol. The van der Waals surface area contributed by atoms with E-state index in [2.05, 4.69) is 15.1 Å². The quantitative estimate of drug-likeness (QED) is 0.646. The second kappa shape index (κ2) is 7.06. The molecule has 8 heteroatoms. The van der Waals surface area contributed by atoms with Gasteiger partial charge in [-0.25, -0.2) is 0 Å². The Morgan fingerprint density at radius 1 is 1.30 bits per heavy atom. The van der Waals surface area contributed by atoms with Gasteiger partial charge in [0.2, 0.25) is 12.1 Å². The molecule has 1 aliphatic heterocycles. The molecule has 2 heterocycles. The van der Waals surface area contributed by atoms with Gasteiger partial charge >= 0.3 is 0 Å². The van der Waals surface area contributed by atoms with Gasteiger partial charge in [0.15, 0.2) is 0 Å². The number of rotatable bonds is 5. The van der Waals surface area contributed by atoms with Crippen LogP contribution in [0, 0.1) is 0 Å². The highest BCUT2D eigenvalue weighted by molar-refractivity contribution is 5.87. The maximum Gasteiger partial charge on any atom is 0.288 e. The summed E-state index contributed by atoms with van der Waals surface area (Å²) < 4.78 is 5.51. The van der Waals surface area contributed by atoms with Crippen LogP contribution in [0.1, 0.15) is 12.0 Å². The standard InChI is InChI=1S/C19H18N4O4/c24-17(11-23-12-19(26)27-21-23)20-15-8-18(25)22(10-15)9-14-6-3-5-13-4-1-2-7-16(13)14/h1-7,12,15H,8-11H2,(H-,20,21,24,26). The zero-order valence-electron chi connectivity index (χ0n) is 14.5. The van der Waals surface area contributed by atoms with Gasteiger partial charge in [-0.3, -0.25) is 9.59 Å². The second-order valence-electron chi connectivity index (χ2n) is 6.60. The van der Waals surface area contributed by atoms with E-state index in [1.165, 1.54) is 0 Å². The molecule has 138 valence electrons. The minimum Gasteiger partial charge on any atom is -0.539 e. The third-order valence-electron chi connectivity index (χ3n) is 4.62. The number of likely N-dealkylation sites (tertiary alicyclic amines) is 1. The highest BCUT2D eigenvalue weighted by Gasteiger charge is 2.31. The fraction of sp³-hybridized carbons (Fsp3) is 0.263. The summed E-state index contributed by atoms with van der Waals surface area (Å²) in [6, 6.07) is 13.8. The normalized spacial score (nSPS) is 16.8. The highest BCUT2D eigenvalue weighted by Crippen LogP contribution is 2.22. The fourth-order valence-electron chi connectivity index (χ4n) is 3.41. The van der Waals surface area contributed by atoms with Crippen molar-refractivity contribution in [3.05, 3.63) is 54.2 Å². The smallest absolute Gasteiger partial charge is 0.288 e. The number of nitrogens with zero attached hydrogens (tertiary/aromatic N) is 3. The third-order valence-corrected chi connectivity index (χ3v) is 4.62. The van der Waals surface area contributed by atoms with Gasteiger partial charge in [0.05, 0.1) is 11.3 Å². The van der Waals surface area contributed by atoms with Crippen molar-refractivity contribution < 1.29 is 23.9 Å². The highest BCUT2D eigenvalue weighted by atomic mass is 16.6. The van der Waals surface area contributed by atoms with E-state index >= 15 is 0 Å². The number of hydrogen-bond donors (Lipinski definition) is 1. The molecule has 0 aliphatic carbocycles. The van der Waals surface area contributed by atoms with Crippen LogP contribution in [-0.2, 0) is 22.7 Å². The second-order valence-corrected chi connectivity index (χ2v) is 6.60. The van der Waals surface area contributed by atoms with Crippen molar-refractivity contribution in [2.24, 2.45) is 0 Å². The number of carbonyl (C=O) groups excluding carboxylic acids is 2. The molecule has 1 N–H and O–H groups in total. The van der Waals surface area contributed by atoms with Gasteiger partial charge in [0.25, 0.3) is 12.5 Å². The van der Waals surface area contributed by atoms with E-state index in [1.54, 1.807) is 4.90 Å². The summed E-state index contributed by atoms with van der Waals surface area (Å²) in [4.78, 5) is 26.2. The predicted octanol–water partition coefficient (Wildman–Crippen LogP) is 0.106. The van der Waals surface area contributed by atoms with E-state index in [0.29, 0.717) is 13.1 Å². The first kappa shape index (κ1) is 17.0. The van der Waals surface area contributed by atoms with Crippen molar-refractivity contribution in [3.63, 3.8) is 0 Å². The van der Waals surface area contributed by atoms with Crippen molar-refractivity contribution >= 4 is 22.6 Å². The van der Waals surface area contributed by atoms with Crippen LogP contribution in [0.2, 0.25) is 0 Å². The van der Waals surface area contributed by atoms with E-state index in [4.69, 9.17) is 0 Å². The van der Waals surface area contributed by atoms with Gasteiger partial charge < -0.3 is 19.8 Å². The van der Waals surface area contributed by atoms with Crippen molar-refractivity contribution in [2.45, 2.75) is 25.6 Å². The molecule has 4 rings (SSSR count). The SMILES string of the molecule is O=C(C[n+]1cc([O-])on1)NC1CC(=O)N(Cc2cccc3ccccc23)C1. The van der Waals surface area contributed by atoms with Gasteiger partial charge in [-0.15, -0.1) is 0 Å². The zero-order valence-corrected chi connectivity index (χ0v) is 14.5. The Kier molecular flexibility index (Phi) is 4.45. The van der Waals surface area contributed by atoms with E-state index in [-0.39, 0.29) is 30.8 Å². The minimum absolute atomic E-state index is 0.00386. The lowest BCUT2D eigenvalue weighted by molar-refractivity contribution is -0.751. The zero-order chi connectivity index (χ0) is 18.8. The van der Waals surface area contributed by atoms with Crippen LogP contribution in [0.4, 0.5) is 0 Å². The van der Waals surface area contributed by atoms with Crippen LogP contribution in [-0.4, -0.2) is 34.6 Å². The van der Waals surface area contributed by atoms with Crippen molar-refractivity contribution in [2.75, 3.05) is 6.54 Å². The van der Waals surface area contributed by atoms with Gasteiger partial charge in [-0.1, -0.05) is 47.1 Å². The summed E-state index contributed by atoms with van der Waals surface area (Å²) in [5.41, 5.74) is 1.08. The summed E-state index contributed by atoms with van der Waals surface area (Å²) in [6.45, 7) is 0.827. The molecule has 2 aromatic carbocycles. The maximum absolute atomic E-state index is 12.4. The van der Waals surface area contributed by atoms with Crippen LogP contribution in [0.15, 0.2) is 53.2 Å². The first-order valence-corrected chi connectivity index (χ1v) is 8.66. The minimum atomic E-state index is -0.611. The van der Waals surface area contributed by atoms with E-state index in [1.807, 2.05) is 42.5 Å². The molecular formula is C19H18N4O4. The molecule has 0 radical (unpaired) electrons. The predicted molar refractivity (Wildman–Crippen MR) is 92.1 cm³/mol. The number of carbonyl (C=O) groups is 2. The lowest BCUT2D eigenvalue weighted by atomic mass is 10.0. The van der Waals surface area contributed by atoms with Crippen molar-refractivity contribution in [1.82, 2.24) is 15.5 Å². The summed E-state index contributed by atoms with van der Waals surface area (Å²) in [5, 5.41) is 19.4. The molecule has 1 atom stereocenters. The van der Waals surface area contributed by atoms with Crippen LogP contribution < -0.4 is 15.1 Å². The average Bonchev–Trinajstić information content (AvgIpc) is 3.20. The van der Waals surface area contributed by atoms with Crippen LogP contribution in [0.25, 0.3) is 10.8 Å². The van der Waals surface area contributed by atoms with Gasteiger partial charge in [0, 0.05) is 19.5 Å². The molecule has 8 nitrogen and oxygen atoms in total. The lowest BCUT2D eigenvalue weighted by Gasteiger charge is -2.18. The van der Waals surface area contributed by atoms with Crippen LogP contribution >= 0.6 is 0 Å². The van der Waals surface area contributed by atoms with E-state index < -0.39 is 5.95 Å². The Labute approximate surface area is 155 Å². The Morgan fingerprint density at radius 2 is 2.11 bits per heavy atom. The number of benzene rings is 2. The van der Waals surface area contributed by atoms with E-state index in [0.717, 1.165) is 27.2 Å². The van der Waals surface area contributed by atoms with Crippen molar-refractivity contribution in [1.29, 1.82) is 0 Å². The number of aromatic nitrogens is 2. The summed E-state index contributed by atoms with van der Waals surface area (Å²) in [7, 11) is 0. The lowest BCUT2D eigenvalue weighted by Crippen LogP contribution is -2.47. The number of amides is 2. The Hall–Kier alpha value is -3.42. The summed E-state index contributed by atoms with van der Waals surface area (Å²) in [6.07, 6.45) is 1.36. The summed E-state index contributed by atoms with van der Waals surface area (Å²) in [5.74, 6) is -0.928. The fourth-order valence-corrected chi connectivity index (χ4v) is 3.41. The van der Waals surface area contributed by atoms with Crippen molar-refractivity contribution in [3.8, 4) is 5.95 Å². The largest absolute Gasteiger partial charge is 0.539 e. The maximum atomic E-state index is 12.4. The molecule has 1 saturated heterocycles. The van der Waals surface area contributed by atoms with Gasteiger partial charge in [0.1, 0.15) is 5.95 Å². The molecule has 0 spiro atoms. The number of fused-ring (bicyclic) bond motifs is 1. The molecule has 1 fully saturated rings. The first-order chi connectivity index (χ1) is 13.1. The molecule has 0 saturated carbocycles. The first-order valence-electron chi connectivity index (χ1n) is 8.66. The molecule has 3 aromatic rings. The molecule has 0 bridgehead atoms.